The van der Waals surface area contributed by atoms with Gasteiger partial charge in [0, 0.05) is 18.2 Å². The predicted molar refractivity (Wildman–Crippen MR) is 148 cm³/mol. The minimum absolute atomic E-state index is 0.197. The van der Waals surface area contributed by atoms with Crippen molar-refractivity contribution in [2.75, 3.05) is 11.9 Å². The number of nitrogens with zero attached hydrogens (tertiary/aromatic N) is 2. The molecule has 3 aromatic rings. The normalized spacial score (nSPS) is 17.0. The fourth-order valence-electron chi connectivity index (χ4n) is 4.79. The van der Waals surface area contributed by atoms with Crippen LogP contribution in [0.15, 0.2) is 89.9 Å². The highest BCUT2D eigenvalue weighted by Gasteiger charge is 2.34. The van der Waals surface area contributed by atoms with Gasteiger partial charge in [0.25, 0.3) is 5.91 Å². The van der Waals surface area contributed by atoms with Crippen LogP contribution in [0.3, 0.4) is 0 Å². The summed E-state index contributed by atoms with van der Waals surface area (Å²) in [6, 6.07) is 27.2. The number of aryl methyl sites for hydroxylation is 1. The molecule has 0 bridgehead atoms. The maximum Gasteiger partial charge on any atom is 0.272 e. The molecule has 1 unspecified atom stereocenters. The molecule has 3 atom stereocenters. The van der Waals surface area contributed by atoms with Gasteiger partial charge < -0.3 is 15.3 Å². The number of rotatable bonds is 9. The molecule has 2 N–H and O–H groups in total. The topological polar surface area (TPSA) is 82.0 Å². The van der Waals surface area contributed by atoms with Gasteiger partial charge in [0.1, 0.15) is 0 Å². The summed E-state index contributed by atoms with van der Waals surface area (Å²) >= 11 is 0. The zero-order valence-electron chi connectivity index (χ0n) is 21.7. The molecule has 0 saturated heterocycles. The Bertz CT molecular complexity index is 1240. The van der Waals surface area contributed by atoms with Crippen LogP contribution in [0.1, 0.15) is 43.4 Å². The summed E-state index contributed by atoms with van der Waals surface area (Å²) in [6.45, 7) is 4.05. The van der Waals surface area contributed by atoms with E-state index >= 15 is 0 Å². The first-order chi connectivity index (χ1) is 17.8. The summed E-state index contributed by atoms with van der Waals surface area (Å²) in [5.74, 6) is -1.14. The highest BCUT2D eigenvalue weighted by Crippen LogP contribution is 2.28. The number of hydrogen-bond acceptors (Lipinski definition) is 4. The molecular formula is C31H35N3O3. The number of para-hydroxylation sites is 1. The number of hydrogen-bond donors (Lipinski definition) is 2. The lowest BCUT2D eigenvalue weighted by atomic mass is 9.88. The third-order valence-electron chi connectivity index (χ3n) is 6.77. The number of benzene rings is 3. The van der Waals surface area contributed by atoms with Crippen molar-refractivity contribution in [2.24, 2.45) is 16.8 Å². The van der Waals surface area contributed by atoms with Crippen LogP contribution in [-0.2, 0) is 16.0 Å². The number of carbonyl (C=O) groups excluding carboxylic acids is 2. The van der Waals surface area contributed by atoms with Crippen LogP contribution in [-0.4, -0.2) is 41.9 Å². The number of likely N-dealkylation sites (N-methyl/N-ethyl adjacent to an activating group) is 1. The second-order valence-electron chi connectivity index (χ2n) is 10.00. The molecular weight excluding hydrogens is 462 g/mol. The number of nitrogens with one attached hydrogen (secondary N) is 1. The van der Waals surface area contributed by atoms with Crippen molar-refractivity contribution >= 4 is 23.2 Å². The van der Waals surface area contributed by atoms with E-state index in [4.69, 9.17) is 4.99 Å². The fraction of sp³-hybridized carbons (Fsp3) is 0.323. The Morgan fingerprint density at radius 1 is 0.973 bits per heavy atom. The van der Waals surface area contributed by atoms with E-state index in [1.165, 1.54) is 0 Å². The van der Waals surface area contributed by atoms with E-state index < -0.39 is 18.2 Å². The summed E-state index contributed by atoms with van der Waals surface area (Å²) in [6.07, 6.45) is -0.307. The lowest BCUT2D eigenvalue weighted by Gasteiger charge is -2.26. The molecule has 192 valence electrons. The lowest BCUT2D eigenvalue weighted by Crippen LogP contribution is -2.49. The number of anilines is 1. The molecule has 0 spiro atoms. The quantitative estimate of drug-likeness (QED) is 0.453. The molecule has 1 heterocycles. The Labute approximate surface area is 219 Å². The van der Waals surface area contributed by atoms with Gasteiger partial charge >= 0.3 is 0 Å². The maximum atomic E-state index is 13.6. The number of amides is 2. The van der Waals surface area contributed by atoms with Gasteiger partial charge in [-0.25, -0.2) is 4.99 Å². The number of carbonyl (C=O) groups is 2. The van der Waals surface area contributed by atoms with Crippen LogP contribution in [0.4, 0.5) is 5.69 Å². The van der Waals surface area contributed by atoms with Gasteiger partial charge in [-0.1, -0.05) is 92.7 Å². The Morgan fingerprint density at radius 3 is 2.27 bits per heavy atom. The number of benzodiazepines with no additional fused rings is 1. The number of fused-ring (bicyclic) bond motifs is 1. The minimum atomic E-state index is -1.10. The van der Waals surface area contributed by atoms with E-state index in [0.29, 0.717) is 25.0 Å². The largest absolute Gasteiger partial charge is 0.392 e. The zero-order chi connectivity index (χ0) is 26.4. The summed E-state index contributed by atoms with van der Waals surface area (Å²) < 4.78 is 0. The van der Waals surface area contributed by atoms with E-state index in [1.807, 2.05) is 98.8 Å². The van der Waals surface area contributed by atoms with Crippen LogP contribution in [0, 0.1) is 11.8 Å². The fourth-order valence-corrected chi connectivity index (χ4v) is 4.79. The van der Waals surface area contributed by atoms with Gasteiger partial charge in [-0.15, -0.1) is 0 Å². The monoisotopic (exact) mass is 497 g/mol. The van der Waals surface area contributed by atoms with E-state index in [-0.39, 0.29) is 17.7 Å². The molecule has 4 rings (SSSR count). The first kappa shape index (κ1) is 26.3. The summed E-state index contributed by atoms with van der Waals surface area (Å²) in [4.78, 5) is 33.4. The third kappa shape index (κ3) is 6.33. The van der Waals surface area contributed by atoms with Crippen molar-refractivity contribution < 1.29 is 14.7 Å². The van der Waals surface area contributed by atoms with E-state index in [9.17, 15) is 14.7 Å². The van der Waals surface area contributed by atoms with Crippen molar-refractivity contribution in [3.8, 4) is 0 Å². The van der Waals surface area contributed by atoms with Gasteiger partial charge in [0.2, 0.25) is 12.1 Å². The highest BCUT2D eigenvalue weighted by molar-refractivity contribution is 6.20. The first-order valence-electron chi connectivity index (χ1n) is 12.9. The van der Waals surface area contributed by atoms with Crippen LogP contribution in [0.2, 0.25) is 0 Å². The average molecular weight is 498 g/mol. The summed E-state index contributed by atoms with van der Waals surface area (Å²) in [5, 5.41) is 14.0. The Morgan fingerprint density at radius 2 is 1.59 bits per heavy atom. The molecule has 1 aliphatic heterocycles. The summed E-state index contributed by atoms with van der Waals surface area (Å²) in [7, 11) is 1.70. The smallest absolute Gasteiger partial charge is 0.272 e. The van der Waals surface area contributed by atoms with E-state index in [0.717, 1.165) is 22.4 Å². The minimum Gasteiger partial charge on any atom is -0.392 e. The number of aliphatic hydroxyl groups excluding tert-OH is 1. The predicted octanol–water partition coefficient (Wildman–Crippen LogP) is 4.60. The molecule has 0 saturated carbocycles. The van der Waals surface area contributed by atoms with Crippen LogP contribution < -0.4 is 10.2 Å². The molecule has 0 aromatic heterocycles. The van der Waals surface area contributed by atoms with Gasteiger partial charge in [0.05, 0.1) is 23.4 Å². The number of aliphatic hydroxyl groups is 1. The number of aliphatic imine (C=N–C) groups is 1. The highest BCUT2D eigenvalue weighted by atomic mass is 16.3. The van der Waals surface area contributed by atoms with Crippen molar-refractivity contribution in [3.05, 3.63) is 102 Å². The second kappa shape index (κ2) is 12.0. The van der Waals surface area contributed by atoms with Crippen molar-refractivity contribution in [1.29, 1.82) is 0 Å². The first-order valence-corrected chi connectivity index (χ1v) is 12.9. The molecule has 3 aromatic carbocycles. The molecule has 2 amide bonds. The Hall–Kier alpha value is -3.77. The molecule has 6 heteroatoms. The third-order valence-corrected chi connectivity index (χ3v) is 6.77. The standard InChI is InChI=1S/C31H35N3O3/c1-21(2)20-25(27(35)19-18-22-12-6-4-7-13-22)30(36)33-29-31(37)34(3)26-17-11-10-16-24(26)28(32-29)23-14-8-5-9-15-23/h4-17,21,25,27,29,35H,18-20H2,1-3H3,(H,33,36)/t25-,27+,29?/m1/s1. The zero-order valence-corrected chi connectivity index (χ0v) is 21.7. The van der Waals surface area contributed by atoms with Crippen LogP contribution >= 0.6 is 0 Å². The van der Waals surface area contributed by atoms with Crippen LogP contribution in [0.5, 0.6) is 0 Å². The van der Waals surface area contributed by atoms with Gasteiger partial charge in [-0.3, -0.25) is 9.59 Å². The molecule has 37 heavy (non-hydrogen) atoms. The second-order valence-corrected chi connectivity index (χ2v) is 10.00. The lowest BCUT2D eigenvalue weighted by molar-refractivity contribution is -0.133. The molecule has 0 aliphatic carbocycles. The van der Waals surface area contributed by atoms with Gasteiger partial charge in [-0.2, -0.15) is 0 Å². The average Bonchev–Trinajstić information content (AvgIpc) is 3.02. The summed E-state index contributed by atoms with van der Waals surface area (Å²) in [5.41, 5.74) is 4.17. The van der Waals surface area contributed by atoms with E-state index in [1.54, 1.807) is 11.9 Å². The Kier molecular flexibility index (Phi) is 8.51. The molecule has 1 aliphatic rings. The SMILES string of the molecule is CC(C)C[C@@H](C(=O)NC1N=C(c2ccccc2)c2ccccc2N(C)C1=O)[C@@H](O)CCc1ccccc1. The molecule has 0 radical (unpaired) electrons. The van der Waals surface area contributed by atoms with E-state index in [2.05, 4.69) is 5.32 Å². The molecule has 6 nitrogen and oxygen atoms in total. The van der Waals surface area contributed by atoms with Crippen molar-refractivity contribution in [1.82, 2.24) is 5.32 Å². The van der Waals surface area contributed by atoms with Gasteiger partial charge in [-0.05, 0) is 36.8 Å². The Balaban J connectivity index is 1.61. The van der Waals surface area contributed by atoms with Crippen molar-refractivity contribution in [2.45, 2.75) is 45.4 Å². The van der Waals surface area contributed by atoms with Gasteiger partial charge in [0.15, 0.2) is 0 Å². The molecule has 0 fully saturated rings. The van der Waals surface area contributed by atoms with Crippen molar-refractivity contribution in [3.63, 3.8) is 0 Å². The van der Waals surface area contributed by atoms with Crippen LogP contribution in [0.25, 0.3) is 0 Å². The maximum absolute atomic E-state index is 13.6.